The zero-order chi connectivity index (χ0) is 17.4. The molecule has 0 aliphatic carbocycles. The van der Waals surface area contributed by atoms with Crippen LogP contribution in [0.15, 0.2) is 53.5 Å². The molecule has 0 fully saturated rings. The Morgan fingerprint density at radius 2 is 1.62 bits per heavy atom. The number of aliphatic imine (C=N–C) groups is 1. The van der Waals surface area contributed by atoms with Crippen molar-refractivity contribution in [1.29, 1.82) is 0 Å². The van der Waals surface area contributed by atoms with Gasteiger partial charge in [-0.25, -0.2) is 0 Å². The summed E-state index contributed by atoms with van der Waals surface area (Å²) in [5.41, 5.74) is 3.55. The average molecular weight is 326 g/mol. The van der Waals surface area contributed by atoms with Gasteiger partial charge in [-0.3, -0.25) is 4.99 Å². The number of guanidine groups is 1. The van der Waals surface area contributed by atoms with Crippen LogP contribution in [0.3, 0.4) is 0 Å². The molecule has 2 aromatic carbocycles. The fourth-order valence-electron chi connectivity index (χ4n) is 2.32. The number of hydrogen-bond donors (Lipinski definition) is 2. The molecule has 0 atom stereocenters. The van der Waals surface area contributed by atoms with Gasteiger partial charge in [-0.2, -0.15) is 0 Å². The fraction of sp³-hybridized carbons (Fsp3) is 0.316. The highest BCUT2D eigenvalue weighted by atomic mass is 16.5. The van der Waals surface area contributed by atoms with Crippen LogP contribution in [0.5, 0.6) is 5.75 Å². The summed E-state index contributed by atoms with van der Waals surface area (Å²) in [4.78, 5) is 6.37. The smallest absolute Gasteiger partial charge is 0.191 e. The lowest BCUT2D eigenvalue weighted by Gasteiger charge is -2.15. The van der Waals surface area contributed by atoms with E-state index in [1.807, 2.05) is 32.3 Å². The molecule has 0 bridgehead atoms. The van der Waals surface area contributed by atoms with E-state index in [0.717, 1.165) is 23.8 Å². The molecule has 0 aromatic heterocycles. The van der Waals surface area contributed by atoms with Gasteiger partial charge in [-0.15, -0.1) is 0 Å². The topological polar surface area (TPSA) is 48.9 Å². The molecule has 0 saturated carbocycles. The Labute approximate surface area is 144 Å². The Morgan fingerprint density at radius 3 is 2.21 bits per heavy atom. The van der Waals surface area contributed by atoms with Gasteiger partial charge in [0.15, 0.2) is 5.96 Å². The second kappa shape index (κ2) is 8.82. The van der Waals surface area contributed by atoms with Crippen LogP contribution >= 0.6 is 0 Å². The van der Waals surface area contributed by atoms with Crippen molar-refractivity contribution in [2.45, 2.75) is 13.1 Å². The van der Waals surface area contributed by atoms with Crippen molar-refractivity contribution in [3.63, 3.8) is 0 Å². The summed E-state index contributed by atoms with van der Waals surface area (Å²) in [6.07, 6.45) is 0. The highest BCUT2D eigenvalue weighted by Crippen LogP contribution is 2.13. The number of benzene rings is 2. The number of rotatable bonds is 6. The lowest BCUT2D eigenvalue weighted by molar-refractivity contribution is 0.414. The lowest BCUT2D eigenvalue weighted by Crippen LogP contribution is -2.36. The van der Waals surface area contributed by atoms with E-state index in [1.165, 1.54) is 11.3 Å². The average Bonchev–Trinajstić information content (AvgIpc) is 2.62. The van der Waals surface area contributed by atoms with Gasteiger partial charge in [0.05, 0.1) is 7.11 Å². The molecule has 0 saturated heterocycles. The van der Waals surface area contributed by atoms with Crippen LogP contribution in [-0.2, 0) is 13.1 Å². The van der Waals surface area contributed by atoms with Gasteiger partial charge >= 0.3 is 0 Å². The maximum atomic E-state index is 5.25. The van der Waals surface area contributed by atoms with Gasteiger partial charge < -0.3 is 20.3 Å². The third-order valence-electron chi connectivity index (χ3n) is 3.70. The highest BCUT2D eigenvalue weighted by molar-refractivity contribution is 5.79. The standard InChI is InChI=1S/C19H26N4O/c1-20-19(22-14-16-8-6-10-18(12-16)24-4)21-13-15-7-5-9-17(11-15)23(2)3/h5-12H,13-14H2,1-4H3,(H2,20,21,22). The van der Waals surface area contributed by atoms with E-state index in [0.29, 0.717) is 6.54 Å². The first-order valence-corrected chi connectivity index (χ1v) is 7.96. The number of hydrogen-bond acceptors (Lipinski definition) is 3. The summed E-state index contributed by atoms with van der Waals surface area (Å²) in [5, 5.41) is 6.66. The van der Waals surface area contributed by atoms with Crippen LogP contribution < -0.4 is 20.3 Å². The van der Waals surface area contributed by atoms with E-state index in [-0.39, 0.29) is 0 Å². The van der Waals surface area contributed by atoms with E-state index in [9.17, 15) is 0 Å². The Balaban J connectivity index is 1.89. The fourth-order valence-corrected chi connectivity index (χ4v) is 2.32. The van der Waals surface area contributed by atoms with Crippen molar-refractivity contribution < 1.29 is 4.74 Å². The Morgan fingerprint density at radius 1 is 1.00 bits per heavy atom. The zero-order valence-electron chi connectivity index (χ0n) is 14.8. The number of nitrogens with one attached hydrogen (secondary N) is 2. The van der Waals surface area contributed by atoms with Crippen molar-refractivity contribution >= 4 is 11.6 Å². The van der Waals surface area contributed by atoms with E-state index in [4.69, 9.17) is 4.74 Å². The van der Waals surface area contributed by atoms with Crippen LogP contribution in [-0.4, -0.2) is 34.2 Å². The maximum Gasteiger partial charge on any atom is 0.191 e. The van der Waals surface area contributed by atoms with E-state index in [2.05, 4.69) is 50.9 Å². The van der Waals surface area contributed by atoms with Crippen molar-refractivity contribution in [1.82, 2.24) is 10.6 Å². The summed E-state index contributed by atoms with van der Waals surface area (Å²) in [6.45, 7) is 1.41. The van der Waals surface area contributed by atoms with Crippen LogP contribution in [0.2, 0.25) is 0 Å². The van der Waals surface area contributed by atoms with Gasteiger partial charge in [-0.1, -0.05) is 24.3 Å². The molecule has 2 rings (SSSR count). The van der Waals surface area contributed by atoms with Gasteiger partial charge in [0.1, 0.15) is 5.75 Å². The van der Waals surface area contributed by atoms with E-state index >= 15 is 0 Å². The molecule has 2 aromatic rings. The molecule has 128 valence electrons. The van der Waals surface area contributed by atoms with Crippen molar-refractivity contribution in [2.75, 3.05) is 33.2 Å². The monoisotopic (exact) mass is 326 g/mol. The van der Waals surface area contributed by atoms with Crippen LogP contribution in [0.25, 0.3) is 0 Å². The number of ether oxygens (including phenoxy) is 1. The molecule has 0 heterocycles. The number of methoxy groups -OCH3 is 1. The van der Waals surface area contributed by atoms with E-state index in [1.54, 1.807) is 14.2 Å². The summed E-state index contributed by atoms with van der Waals surface area (Å²) < 4.78 is 5.25. The predicted molar refractivity (Wildman–Crippen MR) is 101 cm³/mol. The summed E-state index contributed by atoms with van der Waals surface area (Å²) in [5.74, 6) is 1.63. The third kappa shape index (κ3) is 5.19. The van der Waals surface area contributed by atoms with Gasteiger partial charge in [0.25, 0.3) is 0 Å². The number of nitrogens with zero attached hydrogens (tertiary/aromatic N) is 2. The van der Waals surface area contributed by atoms with Crippen LogP contribution in [0, 0.1) is 0 Å². The normalized spacial score (nSPS) is 11.1. The Kier molecular flexibility index (Phi) is 6.49. The van der Waals surface area contributed by atoms with Gasteiger partial charge in [0, 0.05) is 39.9 Å². The third-order valence-corrected chi connectivity index (χ3v) is 3.70. The molecular weight excluding hydrogens is 300 g/mol. The van der Waals surface area contributed by atoms with Gasteiger partial charge in [0.2, 0.25) is 0 Å². The minimum absolute atomic E-state index is 0.689. The van der Waals surface area contributed by atoms with Crippen LogP contribution in [0.4, 0.5) is 5.69 Å². The molecule has 5 heteroatoms. The molecule has 0 amide bonds. The largest absolute Gasteiger partial charge is 0.497 e. The van der Waals surface area contributed by atoms with E-state index < -0.39 is 0 Å². The van der Waals surface area contributed by atoms with Crippen molar-refractivity contribution in [3.8, 4) is 5.75 Å². The molecule has 5 nitrogen and oxygen atoms in total. The molecular formula is C19H26N4O. The van der Waals surface area contributed by atoms with Crippen LogP contribution in [0.1, 0.15) is 11.1 Å². The molecule has 0 aliphatic heterocycles. The number of anilines is 1. The summed E-state index contributed by atoms with van der Waals surface area (Å²) in [6, 6.07) is 16.4. The Hall–Kier alpha value is -2.69. The molecule has 0 radical (unpaired) electrons. The maximum absolute atomic E-state index is 5.25. The predicted octanol–water partition coefficient (Wildman–Crippen LogP) is 2.63. The highest BCUT2D eigenvalue weighted by Gasteiger charge is 2.02. The quantitative estimate of drug-likeness (QED) is 0.633. The SMILES string of the molecule is CN=C(NCc1cccc(OC)c1)NCc1cccc(N(C)C)c1. The Bertz CT molecular complexity index is 683. The molecule has 0 unspecified atom stereocenters. The molecule has 2 N–H and O–H groups in total. The minimum atomic E-state index is 0.689. The zero-order valence-corrected chi connectivity index (χ0v) is 14.8. The van der Waals surface area contributed by atoms with Crippen molar-refractivity contribution in [2.24, 2.45) is 4.99 Å². The first-order chi connectivity index (χ1) is 11.6. The summed E-state index contributed by atoms with van der Waals surface area (Å²) in [7, 11) is 7.54. The molecule has 0 aliphatic rings. The van der Waals surface area contributed by atoms with Crippen molar-refractivity contribution in [3.05, 3.63) is 59.7 Å². The van der Waals surface area contributed by atoms with Gasteiger partial charge in [-0.05, 0) is 35.4 Å². The summed E-state index contributed by atoms with van der Waals surface area (Å²) >= 11 is 0. The first kappa shape index (κ1) is 17.7. The second-order valence-electron chi connectivity index (χ2n) is 5.70. The lowest BCUT2D eigenvalue weighted by atomic mass is 10.2. The molecule has 24 heavy (non-hydrogen) atoms. The first-order valence-electron chi connectivity index (χ1n) is 7.96. The molecule has 0 spiro atoms. The minimum Gasteiger partial charge on any atom is -0.497 e. The second-order valence-corrected chi connectivity index (χ2v) is 5.70.